The Morgan fingerprint density at radius 1 is 1.32 bits per heavy atom. The maximum Gasteiger partial charge on any atom is 0.252 e. The highest BCUT2D eigenvalue weighted by Crippen LogP contribution is 2.22. The van der Waals surface area contributed by atoms with Gasteiger partial charge in [-0.15, -0.1) is 0 Å². The van der Waals surface area contributed by atoms with Crippen LogP contribution in [0, 0.1) is 5.92 Å². The SMILES string of the molecule is CCCCC[C@@H](CN(O)C=O)C(=O)NCNC(=O)c1ccc2c(c1)CCCN2. The van der Waals surface area contributed by atoms with Gasteiger partial charge in [-0.1, -0.05) is 26.2 Å². The van der Waals surface area contributed by atoms with Crippen molar-refractivity contribution in [3.8, 4) is 0 Å². The molecule has 28 heavy (non-hydrogen) atoms. The molecule has 1 aliphatic heterocycles. The zero-order chi connectivity index (χ0) is 20.4. The van der Waals surface area contributed by atoms with Crippen LogP contribution in [0.25, 0.3) is 0 Å². The summed E-state index contributed by atoms with van der Waals surface area (Å²) < 4.78 is 0. The summed E-state index contributed by atoms with van der Waals surface area (Å²) in [6, 6.07) is 5.54. The number of hydrogen-bond donors (Lipinski definition) is 4. The van der Waals surface area contributed by atoms with Crippen LogP contribution in [0.3, 0.4) is 0 Å². The zero-order valence-corrected chi connectivity index (χ0v) is 16.4. The first-order valence-electron chi connectivity index (χ1n) is 9.88. The van der Waals surface area contributed by atoms with E-state index in [1.807, 2.05) is 12.1 Å². The topological polar surface area (TPSA) is 111 Å². The summed E-state index contributed by atoms with van der Waals surface area (Å²) in [6.45, 7) is 2.93. The average molecular weight is 390 g/mol. The number of rotatable bonds is 11. The van der Waals surface area contributed by atoms with E-state index in [1.54, 1.807) is 6.07 Å². The Bertz CT molecular complexity index is 680. The number of carbonyl (C=O) groups excluding carboxylic acids is 3. The standard InChI is InChI=1S/C20H30N4O4/c1-2-3-4-6-17(12-24(28)14-25)20(27)23-13-22-19(26)16-8-9-18-15(11-16)7-5-10-21-18/h8-9,11,14,17,21,28H,2-7,10,12-13H2,1H3,(H,22,26)(H,23,27)/t17-/m0/s1. The van der Waals surface area contributed by atoms with Crippen LogP contribution in [0.2, 0.25) is 0 Å². The molecule has 1 aliphatic rings. The lowest BCUT2D eigenvalue weighted by molar-refractivity contribution is -0.154. The van der Waals surface area contributed by atoms with Crippen LogP contribution >= 0.6 is 0 Å². The largest absolute Gasteiger partial charge is 0.385 e. The fraction of sp³-hybridized carbons (Fsp3) is 0.550. The molecule has 8 nitrogen and oxygen atoms in total. The van der Waals surface area contributed by atoms with Crippen LogP contribution in [0.4, 0.5) is 5.69 Å². The fourth-order valence-corrected chi connectivity index (χ4v) is 3.29. The van der Waals surface area contributed by atoms with Crippen molar-refractivity contribution in [3.05, 3.63) is 29.3 Å². The van der Waals surface area contributed by atoms with Gasteiger partial charge in [0.25, 0.3) is 5.91 Å². The first-order chi connectivity index (χ1) is 13.5. The molecule has 1 heterocycles. The predicted octanol–water partition coefficient (Wildman–Crippen LogP) is 1.89. The number of hydrogen-bond acceptors (Lipinski definition) is 5. The van der Waals surface area contributed by atoms with E-state index in [0.717, 1.165) is 49.9 Å². The zero-order valence-electron chi connectivity index (χ0n) is 16.4. The van der Waals surface area contributed by atoms with E-state index in [-0.39, 0.29) is 31.4 Å². The maximum absolute atomic E-state index is 12.4. The Kier molecular flexibility index (Phi) is 8.74. The van der Waals surface area contributed by atoms with Crippen molar-refractivity contribution in [3.63, 3.8) is 0 Å². The summed E-state index contributed by atoms with van der Waals surface area (Å²) in [6.07, 6.45) is 5.64. The second kappa shape index (κ2) is 11.3. The highest BCUT2D eigenvalue weighted by atomic mass is 16.5. The summed E-state index contributed by atoms with van der Waals surface area (Å²) in [7, 11) is 0. The van der Waals surface area contributed by atoms with Crippen molar-refractivity contribution in [2.24, 2.45) is 5.92 Å². The van der Waals surface area contributed by atoms with Gasteiger partial charge in [-0.3, -0.25) is 19.6 Å². The smallest absolute Gasteiger partial charge is 0.252 e. The summed E-state index contributed by atoms with van der Waals surface area (Å²) in [5, 5.41) is 18.5. The van der Waals surface area contributed by atoms with Gasteiger partial charge in [-0.2, -0.15) is 0 Å². The number of carbonyl (C=O) groups is 3. The third-order valence-electron chi connectivity index (χ3n) is 4.87. The lowest BCUT2D eigenvalue weighted by atomic mass is 10.00. The number of nitrogens with one attached hydrogen (secondary N) is 3. The van der Waals surface area contributed by atoms with Gasteiger partial charge >= 0.3 is 0 Å². The van der Waals surface area contributed by atoms with Crippen molar-refractivity contribution in [1.29, 1.82) is 0 Å². The minimum Gasteiger partial charge on any atom is -0.385 e. The Morgan fingerprint density at radius 2 is 2.14 bits per heavy atom. The van der Waals surface area contributed by atoms with Crippen LogP contribution in [0.15, 0.2) is 18.2 Å². The van der Waals surface area contributed by atoms with Gasteiger partial charge in [0.05, 0.1) is 19.1 Å². The molecule has 0 unspecified atom stereocenters. The van der Waals surface area contributed by atoms with E-state index < -0.39 is 5.92 Å². The Balaban J connectivity index is 1.84. The predicted molar refractivity (Wildman–Crippen MR) is 106 cm³/mol. The molecule has 3 amide bonds. The molecular weight excluding hydrogens is 360 g/mol. The summed E-state index contributed by atoms with van der Waals surface area (Å²) in [5.74, 6) is -1.08. The summed E-state index contributed by atoms with van der Waals surface area (Å²) in [5.41, 5.74) is 2.74. The number of nitrogens with zero attached hydrogens (tertiary/aromatic N) is 1. The van der Waals surface area contributed by atoms with Crippen molar-refractivity contribution in [2.45, 2.75) is 45.4 Å². The molecule has 8 heteroatoms. The Morgan fingerprint density at radius 3 is 2.89 bits per heavy atom. The maximum atomic E-state index is 12.4. The minimum absolute atomic E-state index is 0.0101. The van der Waals surface area contributed by atoms with Gasteiger partial charge in [-0.05, 0) is 43.0 Å². The second-order valence-corrected chi connectivity index (χ2v) is 7.05. The number of anilines is 1. The molecule has 0 fully saturated rings. The minimum atomic E-state index is -0.520. The first-order valence-corrected chi connectivity index (χ1v) is 9.88. The summed E-state index contributed by atoms with van der Waals surface area (Å²) in [4.78, 5) is 35.4. The van der Waals surface area contributed by atoms with Gasteiger partial charge in [-0.25, -0.2) is 5.06 Å². The van der Waals surface area contributed by atoms with Crippen LogP contribution < -0.4 is 16.0 Å². The molecule has 0 saturated heterocycles. The van der Waals surface area contributed by atoms with E-state index in [4.69, 9.17) is 0 Å². The molecule has 1 atom stereocenters. The Hall–Kier alpha value is -2.61. The third-order valence-corrected chi connectivity index (χ3v) is 4.87. The first kappa shape index (κ1) is 21.7. The molecule has 4 N–H and O–H groups in total. The number of benzene rings is 1. The van der Waals surface area contributed by atoms with Gasteiger partial charge in [0, 0.05) is 17.8 Å². The molecule has 0 radical (unpaired) electrons. The van der Waals surface area contributed by atoms with E-state index in [0.29, 0.717) is 17.0 Å². The van der Waals surface area contributed by atoms with Crippen LogP contribution in [0.5, 0.6) is 0 Å². The van der Waals surface area contributed by atoms with Gasteiger partial charge < -0.3 is 16.0 Å². The van der Waals surface area contributed by atoms with E-state index in [2.05, 4.69) is 22.9 Å². The Labute approximate surface area is 165 Å². The number of unbranched alkanes of at least 4 members (excludes halogenated alkanes) is 2. The van der Waals surface area contributed by atoms with Crippen molar-refractivity contribution in [1.82, 2.24) is 15.7 Å². The molecule has 0 aliphatic carbocycles. The number of hydroxylamine groups is 2. The molecule has 0 saturated carbocycles. The molecular formula is C20H30N4O4. The van der Waals surface area contributed by atoms with Crippen molar-refractivity contribution in [2.75, 3.05) is 25.1 Å². The molecule has 2 rings (SSSR count). The fourth-order valence-electron chi connectivity index (χ4n) is 3.29. The van der Waals surface area contributed by atoms with Crippen molar-refractivity contribution >= 4 is 23.9 Å². The van der Waals surface area contributed by atoms with Crippen LogP contribution in [-0.2, 0) is 16.0 Å². The molecule has 0 spiro atoms. The van der Waals surface area contributed by atoms with Crippen LogP contribution in [-0.4, -0.2) is 48.3 Å². The highest BCUT2D eigenvalue weighted by Gasteiger charge is 2.20. The second-order valence-electron chi connectivity index (χ2n) is 7.05. The van der Waals surface area contributed by atoms with E-state index >= 15 is 0 Å². The molecule has 1 aromatic rings. The van der Waals surface area contributed by atoms with Gasteiger partial charge in [0.1, 0.15) is 0 Å². The normalized spacial score (nSPS) is 13.6. The van der Waals surface area contributed by atoms with Gasteiger partial charge in [0.2, 0.25) is 12.3 Å². The molecule has 0 bridgehead atoms. The number of aryl methyl sites for hydroxylation is 1. The lowest BCUT2D eigenvalue weighted by Gasteiger charge is -2.20. The molecule has 0 aromatic heterocycles. The van der Waals surface area contributed by atoms with E-state index in [9.17, 15) is 19.6 Å². The quantitative estimate of drug-likeness (QED) is 0.152. The van der Waals surface area contributed by atoms with Gasteiger partial charge in [0.15, 0.2) is 0 Å². The lowest BCUT2D eigenvalue weighted by Crippen LogP contribution is -2.43. The molecule has 1 aromatic carbocycles. The number of fused-ring (bicyclic) bond motifs is 1. The monoisotopic (exact) mass is 390 g/mol. The highest BCUT2D eigenvalue weighted by molar-refractivity contribution is 5.95. The molecule has 154 valence electrons. The third kappa shape index (κ3) is 6.53. The number of amides is 3. The summed E-state index contributed by atoms with van der Waals surface area (Å²) >= 11 is 0. The van der Waals surface area contributed by atoms with E-state index in [1.165, 1.54) is 0 Å². The van der Waals surface area contributed by atoms with Crippen LogP contribution in [0.1, 0.15) is 54.9 Å². The average Bonchev–Trinajstić information content (AvgIpc) is 2.72. The van der Waals surface area contributed by atoms with Crippen molar-refractivity contribution < 1.29 is 19.6 Å².